The van der Waals surface area contributed by atoms with E-state index in [1.54, 1.807) is 0 Å². The zero-order chi connectivity index (χ0) is 17.3. The summed E-state index contributed by atoms with van der Waals surface area (Å²) in [4.78, 5) is 1.54. The molecule has 0 spiro atoms. The number of aryl methyl sites for hydroxylation is 1. The van der Waals surface area contributed by atoms with E-state index in [1.807, 2.05) is 11.3 Å². The third-order valence-corrected chi connectivity index (χ3v) is 6.59. The van der Waals surface area contributed by atoms with E-state index in [1.165, 1.54) is 65.9 Å². The van der Waals surface area contributed by atoms with Crippen LogP contribution in [0.1, 0.15) is 86.9 Å². The topological polar surface area (TPSA) is 4.93 Å². The minimum atomic E-state index is 0.504. The number of para-hydroxylation sites is 1. The highest BCUT2D eigenvalue weighted by molar-refractivity contribution is 7.73. The normalized spacial score (nSPS) is 15.4. The molecule has 0 atom stereocenters. The first-order valence-electron chi connectivity index (χ1n) is 9.37. The quantitative estimate of drug-likeness (QED) is 0.526. The van der Waals surface area contributed by atoms with Gasteiger partial charge in [-0.2, -0.15) is 0 Å². The van der Waals surface area contributed by atoms with Crippen molar-refractivity contribution >= 4 is 23.6 Å². The van der Waals surface area contributed by atoms with Crippen LogP contribution in [0.15, 0.2) is 18.2 Å². The van der Waals surface area contributed by atoms with E-state index in [2.05, 4.69) is 50.5 Å². The minimum absolute atomic E-state index is 0.504. The molecule has 0 unspecified atom stereocenters. The van der Waals surface area contributed by atoms with E-state index < -0.39 is 0 Å². The summed E-state index contributed by atoms with van der Waals surface area (Å²) >= 11 is 7.72. The molecule has 1 heterocycles. The van der Waals surface area contributed by atoms with Gasteiger partial charge in [-0.1, -0.05) is 58.7 Å². The van der Waals surface area contributed by atoms with Gasteiger partial charge in [-0.25, -0.2) is 0 Å². The second-order valence-electron chi connectivity index (χ2n) is 7.58. The van der Waals surface area contributed by atoms with Gasteiger partial charge < -0.3 is 0 Å². The van der Waals surface area contributed by atoms with Crippen molar-refractivity contribution in [1.29, 1.82) is 0 Å². The molecule has 3 rings (SSSR count). The molecule has 0 saturated carbocycles. The number of benzene rings is 1. The highest BCUT2D eigenvalue weighted by Gasteiger charge is 2.21. The Morgan fingerprint density at radius 1 is 0.917 bits per heavy atom. The van der Waals surface area contributed by atoms with E-state index >= 15 is 0 Å². The molecule has 1 aromatic heterocycles. The van der Waals surface area contributed by atoms with Crippen LogP contribution in [0.3, 0.4) is 0 Å². The van der Waals surface area contributed by atoms with Crippen molar-refractivity contribution in [1.82, 2.24) is 4.57 Å². The van der Waals surface area contributed by atoms with Crippen molar-refractivity contribution in [3.05, 3.63) is 43.9 Å². The molecule has 0 radical (unpaired) electrons. The van der Waals surface area contributed by atoms with Crippen LogP contribution >= 0.6 is 23.6 Å². The molecule has 1 aromatic carbocycles. The Morgan fingerprint density at radius 2 is 1.50 bits per heavy atom. The van der Waals surface area contributed by atoms with Crippen LogP contribution in [0.2, 0.25) is 0 Å². The number of hydrogen-bond donors (Lipinski definition) is 0. The lowest BCUT2D eigenvalue weighted by Gasteiger charge is -2.23. The Kier molecular flexibility index (Phi) is 5.61. The molecule has 0 saturated heterocycles. The average molecular weight is 360 g/mol. The van der Waals surface area contributed by atoms with Crippen LogP contribution in [0.5, 0.6) is 0 Å². The SMILES string of the molecule is CC(C)c1cccc(C(C)C)c1-n1c2c(sc1=S)CCCCCC2. The van der Waals surface area contributed by atoms with Gasteiger partial charge in [0.2, 0.25) is 0 Å². The Balaban J connectivity index is 2.28. The molecule has 0 fully saturated rings. The molecule has 0 aliphatic heterocycles. The molecule has 2 aromatic rings. The Labute approximate surface area is 155 Å². The second kappa shape index (κ2) is 7.53. The zero-order valence-electron chi connectivity index (χ0n) is 15.4. The summed E-state index contributed by atoms with van der Waals surface area (Å²) in [5.74, 6) is 1.01. The van der Waals surface area contributed by atoms with E-state index in [0.717, 1.165) is 3.95 Å². The van der Waals surface area contributed by atoms with E-state index in [-0.39, 0.29) is 0 Å². The Hall–Kier alpha value is -0.930. The second-order valence-corrected chi connectivity index (χ2v) is 9.31. The van der Waals surface area contributed by atoms with Crippen LogP contribution < -0.4 is 0 Å². The highest BCUT2D eigenvalue weighted by Crippen LogP contribution is 2.36. The van der Waals surface area contributed by atoms with Crippen LogP contribution in [0.25, 0.3) is 5.69 Å². The van der Waals surface area contributed by atoms with Crippen LogP contribution in [0.4, 0.5) is 0 Å². The summed E-state index contributed by atoms with van der Waals surface area (Å²) in [6.45, 7) is 9.18. The Bertz CT molecular complexity index is 738. The van der Waals surface area contributed by atoms with Gasteiger partial charge in [0.15, 0.2) is 3.95 Å². The van der Waals surface area contributed by atoms with Crippen LogP contribution in [-0.2, 0) is 12.8 Å². The van der Waals surface area contributed by atoms with Gasteiger partial charge in [-0.3, -0.25) is 4.57 Å². The lowest BCUT2D eigenvalue weighted by molar-refractivity contribution is 0.607. The molecule has 0 N–H and O–H groups in total. The van der Waals surface area contributed by atoms with Gasteiger partial charge in [0, 0.05) is 10.6 Å². The monoisotopic (exact) mass is 359 g/mol. The van der Waals surface area contributed by atoms with Gasteiger partial charge in [0.25, 0.3) is 0 Å². The van der Waals surface area contributed by atoms with Crippen molar-refractivity contribution < 1.29 is 0 Å². The number of rotatable bonds is 3. The summed E-state index contributed by atoms with van der Waals surface area (Å²) in [5, 5.41) is 0. The molecule has 1 nitrogen and oxygen atoms in total. The van der Waals surface area contributed by atoms with Gasteiger partial charge >= 0.3 is 0 Å². The number of nitrogens with zero attached hydrogens (tertiary/aromatic N) is 1. The van der Waals surface area contributed by atoms with Crippen LogP contribution in [-0.4, -0.2) is 4.57 Å². The number of fused-ring (bicyclic) bond motifs is 1. The number of hydrogen-bond acceptors (Lipinski definition) is 2. The van der Waals surface area contributed by atoms with Crippen molar-refractivity contribution in [3.8, 4) is 5.69 Å². The maximum Gasteiger partial charge on any atom is 0.166 e. The first kappa shape index (κ1) is 17.9. The lowest BCUT2D eigenvalue weighted by atomic mass is 9.92. The number of thiazole rings is 1. The lowest BCUT2D eigenvalue weighted by Crippen LogP contribution is -2.11. The molecule has 0 amide bonds. The fourth-order valence-corrected chi connectivity index (χ4v) is 5.38. The summed E-state index contributed by atoms with van der Waals surface area (Å²) < 4.78 is 3.49. The maximum atomic E-state index is 5.86. The average Bonchev–Trinajstić information content (AvgIpc) is 2.81. The summed E-state index contributed by atoms with van der Waals surface area (Å²) in [6.07, 6.45) is 7.70. The minimum Gasteiger partial charge on any atom is -0.295 e. The van der Waals surface area contributed by atoms with Crippen LogP contribution in [0, 0.1) is 3.95 Å². The van der Waals surface area contributed by atoms with Gasteiger partial charge in [-0.15, -0.1) is 11.3 Å². The fourth-order valence-electron chi connectivity index (χ4n) is 3.82. The smallest absolute Gasteiger partial charge is 0.166 e. The largest absolute Gasteiger partial charge is 0.295 e. The molecule has 1 aliphatic carbocycles. The fraction of sp³-hybridized carbons (Fsp3) is 0.571. The maximum absolute atomic E-state index is 5.86. The number of aromatic nitrogens is 1. The summed E-state index contributed by atoms with van der Waals surface area (Å²) in [7, 11) is 0. The van der Waals surface area contributed by atoms with Crippen molar-refractivity contribution in [2.24, 2.45) is 0 Å². The third-order valence-electron chi connectivity index (χ3n) is 5.12. The molecular formula is C21H29NS2. The molecule has 130 valence electrons. The molecular weight excluding hydrogens is 330 g/mol. The molecule has 0 bridgehead atoms. The van der Waals surface area contributed by atoms with Crippen molar-refractivity contribution in [2.75, 3.05) is 0 Å². The van der Waals surface area contributed by atoms with Crippen molar-refractivity contribution in [2.45, 2.75) is 78.1 Å². The summed E-state index contributed by atoms with van der Waals surface area (Å²) in [5.41, 5.74) is 5.74. The van der Waals surface area contributed by atoms with Gasteiger partial charge in [0.1, 0.15) is 0 Å². The first-order chi connectivity index (χ1) is 11.5. The predicted octanol–water partition coefficient (Wildman–Crippen LogP) is 7.17. The van der Waals surface area contributed by atoms with Gasteiger partial charge in [-0.05, 0) is 60.9 Å². The van der Waals surface area contributed by atoms with E-state index in [9.17, 15) is 0 Å². The molecule has 1 aliphatic rings. The summed E-state index contributed by atoms with van der Waals surface area (Å²) in [6, 6.07) is 6.80. The standard InChI is InChI=1S/C21H29NS2/c1-14(2)16-10-9-11-17(15(3)4)20(16)22-18-12-7-5-6-8-13-19(18)24-21(22)23/h9-11,14-15H,5-8,12-13H2,1-4H3. The molecule has 24 heavy (non-hydrogen) atoms. The van der Waals surface area contributed by atoms with Crippen molar-refractivity contribution in [3.63, 3.8) is 0 Å². The van der Waals surface area contributed by atoms with E-state index in [4.69, 9.17) is 12.2 Å². The Morgan fingerprint density at radius 3 is 2.08 bits per heavy atom. The molecule has 3 heteroatoms. The first-order valence-corrected chi connectivity index (χ1v) is 10.6. The highest BCUT2D eigenvalue weighted by atomic mass is 32.1. The zero-order valence-corrected chi connectivity index (χ0v) is 17.0. The predicted molar refractivity (Wildman–Crippen MR) is 109 cm³/mol. The van der Waals surface area contributed by atoms with E-state index in [0.29, 0.717) is 11.8 Å². The third kappa shape index (κ3) is 3.39. The van der Waals surface area contributed by atoms with Gasteiger partial charge in [0.05, 0.1) is 5.69 Å².